The number of carbonyl (C=O) groups is 1. The van der Waals surface area contributed by atoms with E-state index in [1.807, 2.05) is 0 Å². The molecule has 6 heteroatoms. The molecule has 0 spiro atoms. The Hall–Kier alpha value is -0.620. The first-order valence-corrected chi connectivity index (χ1v) is 8.17. The smallest absolute Gasteiger partial charge is 0.237 e. The summed E-state index contributed by atoms with van der Waals surface area (Å²) < 4.78 is 21.8. The standard InChI is InChI=1S/C11H22N2O3S/c1-3-9-4-5-12-10(8-9)11(14)13-6-7-17(2,15)16/h9-10,12H,3-8H2,1-2H3,(H,13,14). The molecule has 2 unspecified atom stereocenters. The predicted molar refractivity (Wildman–Crippen MR) is 67.5 cm³/mol. The fraction of sp³-hybridized carbons (Fsp3) is 0.909. The lowest BCUT2D eigenvalue weighted by molar-refractivity contribution is -0.123. The summed E-state index contributed by atoms with van der Waals surface area (Å²) in [6.07, 6.45) is 4.23. The first kappa shape index (κ1) is 14.4. The molecule has 0 aromatic heterocycles. The van der Waals surface area contributed by atoms with Gasteiger partial charge < -0.3 is 10.6 Å². The Morgan fingerprint density at radius 1 is 1.47 bits per heavy atom. The molecule has 1 amide bonds. The van der Waals surface area contributed by atoms with Crippen LogP contribution in [0.4, 0.5) is 0 Å². The average molecular weight is 262 g/mol. The van der Waals surface area contributed by atoms with Gasteiger partial charge >= 0.3 is 0 Å². The van der Waals surface area contributed by atoms with Crippen molar-refractivity contribution in [2.45, 2.75) is 32.2 Å². The van der Waals surface area contributed by atoms with Crippen molar-refractivity contribution in [3.8, 4) is 0 Å². The molecule has 0 aliphatic carbocycles. The molecule has 17 heavy (non-hydrogen) atoms. The Bertz CT molecular complexity index is 354. The Kier molecular flexibility index (Phi) is 5.39. The molecule has 1 fully saturated rings. The molecule has 1 aliphatic heterocycles. The van der Waals surface area contributed by atoms with Gasteiger partial charge in [0, 0.05) is 12.8 Å². The highest BCUT2D eigenvalue weighted by atomic mass is 32.2. The summed E-state index contributed by atoms with van der Waals surface area (Å²) >= 11 is 0. The van der Waals surface area contributed by atoms with E-state index < -0.39 is 9.84 Å². The molecule has 1 saturated heterocycles. The van der Waals surface area contributed by atoms with E-state index in [9.17, 15) is 13.2 Å². The molecule has 5 nitrogen and oxygen atoms in total. The molecule has 0 bridgehead atoms. The van der Waals surface area contributed by atoms with Gasteiger partial charge in [0.05, 0.1) is 11.8 Å². The van der Waals surface area contributed by atoms with Gasteiger partial charge in [0.15, 0.2) is 0 Å². The molecule has 2 atom stereocenters. The maximum Gasteiger partial charge on any atom is 0.237 e. The molecular weight excluding hydrogens is 240 g/mol. The lowest BCUT2D eigenvalue weighted by Gasteiger charge is -2.28. The van der Waals surface area contributed by atoms with E-state index in [2.05, 4.69) is 17.6 Å². The SMILES string of the molecule is CCC1CCNC(C(=O)NCCS(C)(=O)=O)C1. The average Bonchev–Trinajstić information content (AvgIpc) is 2.27. The first-order chi connectivity index (χ1) is 7.92. The van der Waals surface area contributed by atoms with Crippen LogP contribution in [0.3, 0.4) is 0 Å². The molecule has 1 rings (SSSR count). The molecule has 100 valence electrons. The van der Waals surface area contributed by atoms with Crippen LogP contribution in [0.25, 0.3) is 0 Å². The van der Waals surface area contributed by atoms with E-state index in [4.69, 9.17) is 0 Å². The number of sulfone groups is 1. The number of rotatable bonds is 5. The molecule has 1 heterocycles. The van der Waals surface area contributed by atoms with Gasteiger partial charge in [-0.2, -0.15) is 0 Å². The molecule has 2 N–H and O–H groups in total. The number of amides is 1. The van der Waals surface area contributed by atoms with Crippen LogP contribution in [0.1, 0.15) is 26.2 Å². The van der Waals surface area contributed by atoms with Crippen LogP contribution in [-0.2, 0) is 14.6 Å². The summed E-state index contributed by atoms with van der Waals surface area (Å²) in [5.41, 5.74) is 0. The third-order valence-electron chi connectivity index (χ3n) is 3.18. The number of hydrogen-bond donors (Lipinski definition) is 2. The second-order valence-corrected chi connectivity index (χ2v) is 6.99. The minimum atomic E-state index is -3.00. The lowest BCUT2D eigenvalue weighted by atomic mass is 9.90. The summed E-state index contributed by atoms with van der Waals surface area (Å²) in [6, 6.07) is -0.159. The summed E-state index contributed by atoms with van der Waals surface area (Å²) in [7, 11) is -3.00. The summed E-state index contributed by atoms with van der Waals surface area (Å²) in [5.74, 6) is 0.525. The fourth-order valence-corrected chi connectivity index (χ4v) is 2.52. The zero-order chi connectivity index (χ0) is 12.9. The van der Waals surface area contributed by atoms with Crippen molar-refractivity contribution < 1.29 is 13.2 Å². The zero-order valence-corrected chi connectivity index (χ0v) is 11.3. The molecule has 0 saturated carbocycles. The third kappa shape index (κ3) is 5.50. The van der Waals surface area contributed by atoms with Crippen LogP contribution in [-0.4, -0.2) is 45.5 Å². The summed E-state index contributed by atoms with van der Waals surface area (Å²) in [5, 5.41) is 5.84. The van der Waals surface area contributed by atoms with E-state index in [0.717, 1.165) is 25.8 Å². The molecule has 1 aliphatic rings. The highest BCUT2D eigenvalue weighted by Crippen LogP contribution is 2.19. The van der Waals surface area contributed by atoms with Gasteiger partial charge in [-0.15, -0.1) is 0 Å². The first-order valence-electron chi connectivity index (χ1n) is 6.11. The summed E-state index contributed by atoms with van der Waals surface area (Å²) in [6.45, 7) is 3.20. The van der Waals surface area contributed by atoms with Crippen molar-refractivity contribution in [1.82, 2.24) is 10.6 Å². The molecule has 0 radical (unpaired) electrons. The Morgan fingerprint density at radius 2 is 2.18 bits per heavy atom. The van der Waals surface area contributed by atoms with Gasteiger partial charge in [0.25, 0.3) is 0 Å². The topological polar surface area (TPSA) is 75.3 Å². The van der Waals surface area contributed by atoms with E-state index in [1.54, 1.807) is 0 Å². The fourth-order valence-electron chi connectivity index (χ4n) is 2.05. The van der Waals surface area contributed by atoms with Gasteiger partial charge in [-0.1, -0.05) is 13.3 Å². The monoisotopic (exact) mass is 262 g/mol. The number of piperidine rings is 1. The van der Waals surface area contributed by atoms with E-state index in [0.29, 0.717) is 5.92 Å². The quantitative estimate of drug-likeness (QED) is 0.727. The second kappa shape index (κ2) is 6.35. The lowest BCUT2D eigenvalue weighted by Crippen LogP contribution is -2.49. The molecular formula is C11H22N2O3S. The van der Waals surface area contributed by atoms with Gasteiger partial charge in [-0.25, -0.2) is 8.42 Å². The van der Waals surface area contributed by atoms with Crippen LogP contribution >= 0.6 is 0 Å². The van der Waals surface area contributed by atoms with E-state index >= 15 is 0 Å². The second-order valence-electron chi connectivity index (χ2n) is 4.73. The minimum absolute atomic E-state index is 0.00265. The predicted octanol–water partition coefficient (Wildman–Crippen LogP) is -0.0746. The van der Waals surface area contributed by atoms with Crippen LogP contribution in [0.5, 0.6) is 0 Å². The van der Waals surface area contributed by atoms with Crippen molar-refractivity contribution in [3.05, 3.63) is 0 Å². The van der Waals surface area contributed by atoms with Gasteiger partial charge in [-0.05, 0) is 25.3 Å². The van der Waals surface area contributed by atoms with Crippen LogP contribution in [0, 0.1) is 5.92 Å². The third-order valence-corrected chi connectivity index (χ3v) is 4.12. The molecule has 0 aromatic carbocycles. The normalized spacial score (nSPS) is 25.5. The van der Waals surface area contributed by atoms with Gasteiger partial charge in [0.2, 0.25) is 5.91 Å². The Balaban J connectivity index is 2.32. The maximum atomic E-state index is 11.8. The zero-order valence-electron chi connectivity index (χ0n) is 10.5. The number of hydrogen-bond acceptors (Lipinski definition) is 4. The van der Waals surface area contributed by atoms with Crippen molar-refractivity contribution in [2.24, 2.45) is 5.92 Å². The van der Waals surface area contributed by atoms with Gasteiger partial charge in [0.1, 0.15) is 9.84 Å². The maximum absolute atomic E-state index is 11.8. The Morgan fingerprint density at radius 3 is 2.76 bits per heavy atom. The van der Waals surface area contributed by atoms with Crippen molar-refractivity contribution in [2.75, 3.05) is 25.1 Å². The summed E-state index contributed by atoms with van der Waals surface area (Å²) in [4.78, 5) is 11.8. The van der Waals surface area contributed by atoms with Gasteiger partial charge in [-0.3, -0.25) is 4.79 Å². The van der Waals surface area contributed by atoms with Crippen LogP contribution in [0.2, 0.25) is 0 Å². The number of carbonyl (C=O) groups excluding carboxylic acids is 1. The highest BCUT2D eigenvalue weighted by Gasteiger charge is 2.25. The largest absolute Gasteiger partial charge is 0.354 e. The van der Waals surface area contributed by atoms with Crippen molar-refractivity contribution >= 4 is 15.7 Å². The number of nitrogens with one attached hydrogen (secondary N) is 2. The Labute approximate surface area is 103 Å². The van der Waals surface area contributed by atoms with Crippen LogP contribution in [0.15, 0.2) is 0 Å². The van der Waals surface area contributed by atoms with E-state index in [1.165, 1.54) is 6.26 Å². The van der Waals surface area contributed by atoms with Crippen molar-refractivity contribution in [3.63, 3.8) is 0 Å². The van der Waals surface area contributed by atoms with Crippen molar-refractivity contribution in [1.29, 1.82) is 0 Å². The van der Waals surface area contributed by atoms with Crippen LogP contribution < -0.4 is 10.6 Å². The minimum Gasteiger partial charge on any atom is -0.354 e. The molecule has 0 aromatic rings. The highest BCUT2D eigenvalue weighted by molar-refractivity contribution is 7.90. The van der Waals surface area contributed by atoms with E-state index in [-0.39, 0.29) is 24.2 Å².